The van der Waals surface area contributed by atoms with Crippen LogP contribution in [0.1, 0.15) is 16.7 Å². The molecule has 0 saturated heterocycles. The fourth-order valence-electron chi connectivity index (χ4n) is 4.10. The molecule has 10 nitrogen and oxygen atoms in total. The lowest BCUT2D eigenvalue weighted by atomic mass is 10.2. The number of rotatable bonds is 10. The minimum absolute atomic E-state index is 0.222. The van der Waals surface area contributed by atoms with Crippen molar-refractivity contribution in [2.75, 3.05) is 16.0 Å². The van der Waals surface area contributed by atoms with Gasteiger partial charge in [0.25, 0.3) is 0 Å². The number of nitrogens with one attached hydrogen (secondary N) is 3. The van der Waals surface area contributed by atoms with Gasteiger partial charge < -0.3 is 20.5 Å². The summed E-state index contributed by atoms with van der Waals surface area (Å²) in [6.45, 7) is 0.991. The third kappa shape index (κ3) is 6.86. The minimum atomic E-state index is -3.58. The van der Waals surface area contributed by atoms with Crippen LogP contribution in [0.4, 0.5) is 27.8 Å². The summed E-state index contributed by atoms with van der Waals surface area (Å²) in [6.07, 6.45) is 1.64. The van der Waals surface area contributed by atoms with Gasteiger partial charge in [-0.3, -0.25) is 0 Å². The molecular formula is C27H27FN8O2S. The fourth-order valence-corrected chi connectivity index (χ4v) is 4.75. The van der Waals surface area contributed by atoms with Crippen LogP contribution in [0.2, 0.25) is 0 Å². The zero-order valence-corrected chi connectivity index (χ0v) is 21.9. The second kappa shape index (κ2) is 11.1. The molecule has 0 aliphatic heterocycles. The molecule has 0 unspecified atom stereocenters. The number of hydrogen-bond acceptors (Lipinski definition) is 8. The number of sulfonamides is 1. The normalized spacial score (nSPS) is 11.5. The smallest absolute Gasteiger partial charge is 0.229 e. The number of aryl methyl sites for hydroxylation is 1. The van der Waals surface area contributed by atoms with E-state index in [1.165, 1.54) is 12.1 Å². The molecule has 0 amide bonds. The van der Waals surface area contributed by atoms with Gasteiger partial charge in [0.05, 0.1) is 16.8 Å². The number of benzene rings is 3. The van der Waals surface area contributed by atoms with E-state index in [0.29, 0.717) is 42.1 Å². The van der Waals surface area contributed by atoms with Gasteiger partial charge in [-0.25, -0.2) is 27.9 Å². The maximum absolute atomic E-state index is 13.5. The van der Waals surface area contributed by atoms with Crippen molar-refractivity contribution in [1.29, 1.82) is 0 Å². The number of aromatic nitrogens is 4. The highest BCUT2D eigenvalue weighted by molar-refractivity contribution is 7.88. The van der Waals surface area contributed by atoms with Crippen LogP contribution in [0.25, 0.3) is 11.0 Å². The van der Waals surface area contributed by atoms with Crippen LogP contribution in [-0.2, 0) is 35.9 Å². The van der Waals surface area contributed by atoms with E-state index in [1.807, 2.05) is 35.9 Å². The van der Waals surface area contributed by atoms with Crippen LogP contribution >= 0.6 is 0 Å². The summed E-state index contributed by atoms with van der Waals surface area (Å²) < 4.78 is 38.0. The molecule has 0 spiro atoms. The van der Waals surface area contributed by atoms with E-state index in [4.69, 9.17) is 10.1 Å². The molecule has 0 aliphatic rings. The number of fused-ring (bicyclic) bond motifs is 1. The van der Waals surface area contributed by atoms with Crippen LogP contribution in [0.3, 0.4) is 0 Å². The summed E-state index contributed by atoms with van der Waals surface area (Å²) in [6, 6.07) is 21.2. The van der Waals surface area contributed by atoms with E-state index in [1.54, 1.807) is 42.6 Å². The largest absolute Gasteiger partial charge is 0.366 e. The van der Waals surface area contributed by atoms with Crippen molar-refractivity contribution in [2.45, 2.75) is 18.8 Å². The second-order valence-corrected chi connectivity index (χ2v) is 10.7. The molecule has 0 saturated carbocycles. The quantitative estimate of drug-likeness (QED) is 0.204. The van der Waals surface area contributed by atoms with Gasteiger partial charge in [0.2, 0.25) is 21.9 Å². The Labute approximate surface area is 225 Å². The lowest BCUT2D eigenvalue weighted by molar-refractivity contribution is 0.597. The van der Waals surface area contributed by atoms with Crippen LogP contribution in [0, 0.1) is 5.82 Å². The van der Waals surface area contributed by atoms with Crippen LogP contribution in [-0.4, -0.2) is 27.9 Å². The molecular weight excluding hydrogens is 519 g/mol. The van der Waals surface area contributed by atoms with E-state index < -0.39 is 10.0 Å². The number of imidazole rings is 1. The molecule has 200 valence electrons. The molecule has 12 heteroatoms. The highest BCUT2D eigenvalue weighted by Gasteiger charge is 2.10. The molecule has 0 atom stereocenters. The predicted molar refractivity (Wildman–Crippen MR) is 150 cm³/mol. The van der Waals surface area contributed by atoms with Gasteiger partial charge in [-0.1, -0.05) is 30.3 Å². The van der Waals surface area contributed by atoms with Crippen LogP contribution < -0.4 is 21.1 Å². The lowest BCUT2D eigenvalue weighted by Gasteiger charge is -2.09. The third-order valence-corrected chi connectivity index (χ3v) is 6.73. The number of nitrogens with zero attached hydrogens (tertiary/aromatic N) is 4. The molecule has 0 fully saturated rings. The Morgan fingerprint density at radius 1 is 0.897 bits per heavy atom. The first-order chi connectivity index (χ1) is 18.7. The molecule has 5 rings (SSSR count). The molecule has 39 heavy (non-hydrogen) atoms. The first-order valence-electron chi connectivity index (χ1n) is 12.1. The third-order valence-electron chi connectivity index (χ3n) is 5.99. The first kappa shape index (κ1) is 26.1. The maximum Gasteiger partial charge on any atom is 0.229 e. The first-order valence-corrected chi connectivity index (χ1v) is 13.8. The number of hydrogen-bond donors (Lipinski definition) is 4. The van der Waals surface area contributed by atoms with Crippen molar-refractivity contribution in [3.8, 4) is 0 Å². The summed E-state index contributed by atoms with van der Waals surface area (Å²) in [7, 11) is -1.65. The van der Waals surface area contributed by atoms with Gasteiger partial charge in [0.1, 0.15) is 11.6 Å². The Morgan fingerprint density at radius 2 is 1.64 bits per heavy atom. The molecule has 2 aromatic heterocycles. The summed E-state index contributed by atoms with van der Waals surface area (Å²) >= 11 is 0. The zero-order chi connectivity index (χ0) is 27.4. The van der Waals surface area contributed by atoms with Gasteiger partial charge in [-0.05, 0) is 59.2 Å². The number of halogens is 1. The highest BCUT2D eigenvalue weighted by Crippen LogP contribution is 2.21. The van der Waals surface area contributed by atoms with E-state index >= 15 is 0 Å². The average molecular weight is 547 g/mol. The van der Waals surface area contributed by atoms with Gasteiger partial charge in [0.15, 0.2) is 0 Å². The van der Waals surface area contributed by atoms with Gasteiger partial charge in [-0.2, -0.15) is 4.98 Å². The highest BCUT2D eigenvalue weighted by atomic mass is 32.2. The van der Waals surface area contributed by atoms with Crippen LogP contribution in [0.15, 0.2) is 79.0 Å². The summed E-state index contributed by atoms with van der Waals surface area (Å²) in [5.74, 6) is 1.24. The Kier molecular flexibility index (Phi) is 7.39. The zero-order valence-electron chi connectivity index (χ0n) is 21.1. The number of anilines is 4. The van der Waals surface area contributed by atoms with E-state index in [0.717, 1.165) is 22.2 Å². The monoisotopic (exact) mass is 546 g/mol. The van der Waals surface area contributed by atoms with Crippen molar-refractivity contribution in [1.82, 2.24) is 19.5 Å². The maximum atomic E-state index is 13.5. The molecule has 5 N–H and O–H groups in total. The Morgan fingerprint density at radius 3 is 2.41 bits per heavy atom. The lowest BCUT2D eigenvalue weighted by Crippen LogP contribution is -2.14. The Hall–Kier alpha value is -4.55. The Balaban J connectivity index is 1.21. The molecule has 2 heterocycles. The summed E-state index contributed by atoms with van der Waals surface area (Å²) in [5.41, 5.74) is 4.99. The van der Waals surface area contributed by atoms with Crippen LogP contribution in [0.5, 0.6) is 0 Å². The number of primary sulfonamides is 1. The fraction of sp³-hybridized carbons (Fsp3) is 0.148. The number of nitrogens with two attached hydrogens (primary N) is 1. The van der Waals surface area contributed by atoms with Gasteiger partial charge in [0, 0.05) is 32.0 Å². The summed E-state index contributed by atoms with van der Waals surface area (Å²) in [5, 5.41) is 14.8. The van der Waals surface area contributed by atoms with Crippen molar-refractivity contribution >= 4 is 44.5 Å². The summed E-state index contributed by atoms with van der Waals surface area (Å²) in [4.78, 5) is 13.5. The van der Waals surface area contributed by atoms with Crippen molar-refractivity contribution in [3.05, 3.63) is 102 Å². The second-order valence-electron chi connectivity index (χ2n) is 9.05. The van der Waals surface area contributed by atoms with E-state index in [-0.39, 0.29) is 11.6 Å². The predicted octanol–water partition coefficient (Wildman–Crippen LogP) is 4.26. The minimum Gasteiger partial charge on any atom is -0.366 e. The van der Waals surface area contributed by atoms with Gasteiger partial charge in [-0.15, -0.1) is 0 Å². The van der Waals surface area contributed by atoms with E-state index in [2.05, 4.69) is 25.9 Å². The molecule has 0 aliphatic carbocycles. The van der Waals surface area contributed by atoms with E-state index in [9.17, 15) is 12.8 Å². The molecule has 0 bridgehead atoms. The van der Waals surface area contributed by atoms with Gasteiger partial charge >= 0.3 is 0 Å². The molecule has 5 aromatic rings. The van der Waals surface area contributed by atoms with Crippen molar-refractivity contribution < 1.29 is 12.8 Å². The van der Waals surface area contributed by atoms with Crippen molar-refractivity contribution in [2.24, 2.45) is 12.2 Å². The Bertz CT molecular complexity index is 1720. The standard InChI is InChI=1S/C27H27FN8O2S/c1-36-24-10-7-20(14-23(24)34-27(36)32-16-19-3-2-4-21(28)13-19)15-31-25-11-12-30-26(35-25)33-22-8-5-18(6-9-22)17-39(29,37)38/h2-14H,15-17H2,1H3,(H,32,34)(H2,29,37,38)(H2,30,31,33,35). The molecule has 0 radical (unpaired) electrons. The molecule has 3 aromatic carbocycles. The topological polar surface area (TPSA) is 140 Å². The van der Waals surface area contributed by atoms with Crippen molar-refractivity contribution in [3.63, 3.8) is 0 Å². The SMILES string of the molecule is Cn1c(NCc2cccc(F)c2)nc2cc(CNc3ccnc(Nc4ccc(CS(N)(=O)=O)cc4)n3)ccc21. The average Bonchev–Trinajstić information content (AvgIpc) is 3.21.